The number of likely N-dealkylation sites (tertiary alicyclic amines) is 1. The lowest BCUT2D eigenvalue weighted by atomic mass is 10.1. The minimum atomic E-state index is -0.514. The van der Waals surface area contributed by atoms with Gasteiger partial charge in [0.25, 0.3) is 5.91 Å². The largest absolute Gasteiger partial charge is 0.340 e. The van der Waals surface area contributed by atoms with Crippen molar-refractivity contribution in [1.29, 1.82) is 0 Å². The van der Waals surface area contributed by atoms with Crippen LogP contribution in [0.4, 0.5) is 0 Å². The second-order valence-corrected chi connectivity index (χ2v) is 5.81. The molecule has 2 unspecified atom stereocenters. The Balaban J connectivity index is 1.90. The minimum absolute atomic E-state index is 0.0536. The molecule has 1 aliphatic rings. The van der Waals surface area contributed by atoms with Crippen LogP contribution in [0.15, 0.2) is 17.5 Å². The zero-order valence-electron chi connectivity index (χ0n) is 11.0. The quantitative estimate of drug-likeness (QED) is 0.861. The van der Waals surface area contributed by atoms with Crippen molar-refractivity contribution in [2.75, 3.05) is 13.1 Å². The maximum Gasteiger partial charge on any atom is 0.261 e. The van der Waals surface area contributed by atoms with Gasteiger partial charge in [0.2, 0.25) is 5.91 Å². The van der Waals surface area contributed by atoms with E-state index in [1.54, 1.807) is 17.9 Å². The molecule has 1 aromatic rings. The van der Waals surface area contributed by atoms with Gasteiger partial charge in [-0.15, -0.1) is 11.3 Å². The number of carbonyl (C=O) groups excluding carboxylic acids is 2. The van der Waals surface area contributed by atoms with Crippen LogP contribution in [-0.2, 0) is 4.79 Å². The van der Waals surface area contributed by atoms with Crippen LogP contribution in [0, 0.1) is 0 Å². The lowest BCUT2D eigenvalue weighted by molar-refractivity contribution is -0.134. The molecule has 6 heteroatoms. The molecule has 2 rings (SSSR count). The number of nitrogens with two attached hydrogens (primary N) is 1. The molecule has 1 saturated heterocycles. The van der Waals surface area contributed by atoms with Crippen LogP contribution >= 0.6 is 11.3 Å². The van der Waals surface area contributed by atoms with E-state index >= 15 is 0 Å². The van der Waals surface area contributed by atoms with Crippen LogP contribution in [0.5, 0.6) is 0 Å². The van der Waals surface area contributed by atoms with E-state index in [0.717, 1.165) is 19.4 Å². The molecule has 0 radical (unpaired) electrons. The van der Waals surface area contributed by atoms with Gasteiger partial charge in [-0.25, -0.2) is 0 Å². The van der Waals surface area contributed by atoms with Crippen LogP contribution in [0.2, 0.25) is 0 Å². The predicted molar refractivity (Wildman–Crippen MR) is 75.0 cm³/mol. The molecule has 2 atom stereocenters. The highest BCUT2D eigenvalue weighted by Gasteiger charge is 2.26. The molecule has 5 nitrogen and oxygen atoms in total. The van der Waals surface area contributed by atoms with Crippen molar-refractivity contribution in [2.45, 2.75) is 31.8 Å². The fourth-order valence-corrected chi connectivity index (χ4v) is 2.85. The van der Waals surface area contributed by atoms with Gasteiger partial charge in [0.1, 0.15) is 6.04 Å². The number of hydrogen-bond donors (Lipinski definition) is 2. The summed E-state index contributed by atoms with van der Waals surface area (Å²) < 4.78 is 0. The highest BCUT2D eigenvalue weighted by atomic mass is 32.1. The third kappa shape index (κ3) is 3.54. The second-order valence-electron chi connectivity index (χ2n) is 4.86. The summed E-state index contributed by atoms with van der Waals surface area (Å²) in [5.74, 6) is -0.253. The summed E-state index contributed by atoms with van der Waals surface area (Å²) in [6, 6.07) is 3.10. The number of rotatable bonds is 3. The van der Waals surface area contributed by atoms with E-state index in [2.05, 4.69) is 5.32 Å². The minimum Gasteiger partial charge on any atom is -0.340 e. The number of nitrogens with zero attached hydrogens (tertiary/aromatic N) is 1. The Morgan fingerprint density at radius 1 is 1.58 bits per heavy atom. The molecule has 19 heavy (non-hydrogen) atoms. The van der Waals surface area contributed by atoms with Crippen LogP contribution in [0.3, 0.4) is 0 Å². The smallest absolute Gasteiger partial charge is 0.261 e. The molecule has 1 fully saturated rings. The Hall–Kier alpha value is -1.40. The van der Waals surface area contributed by atoms with Crippen LogP contribution in [0.25, 0.3) is 0 Å². The molecule has 0 aliphatic carbocycles. The van der Waals surface area contributed by atoms with Crippen molar-refractivity contribution < 1.29 is 9.59 Å². The molecule has 0 bridgehead atoms. The van der Waals surface area contributed by atoms with E-state index in [9.17, 15) is 9.59 Å². The first kappa shape index (κ1) is 14.0. The number of piperidine rings is 1. The van der Waals surface area contributed by atoms with Crippen molar-refractivity contribution in [3.05, 3.63) is 22.4 Å². The van der Waals surface area contributed by atoms with Crippen molar-refractivity contribution in [1.82, 2.24) is 10.2 Å². The Bertz CT molecular complexity index is 447. The fourth-order valence-electron chi connectivity index (χ4n) is 2.22. The van der Waals surface area contributed by atoms with Gasteiger partial charge in [-0.2, -0.15) is 0 Å². The normalized spacial score (nSPS) is 20.9. The number of nitrogens with one attached hydrogen (secondary N) is 1. The first-order valence-corrected chi connectivity index (χ1v) is 7.34. The second kappa shape index (κ2) is 6.16. The van der Waals surface area contributed by atoms with Gasteiger partial charge in [0.05, 0.1) is 4.88 Å². The Morgan fingerprint density at radius 3 is 3.00 bits per heavy atom. The maximum atomic E-state index is 12.2. The average molecular weight is 281 g/mol. The van der Waals surface area contributed by atoms with E-state index in [-0.39, 0.29) is 17.9 Å². The van der Waals surface area contributed by atoms with Gasteiger partial charge < -0.3 is 16.0 Å². The number of hydrogen-bond acceptors (Lipinski definition) is 4. The Morgan fingerprint density at radius 2 is 2.37 bits per heavy atom. The van der Waals surface area contributed by atoms with E-state index in [4.69, 9.17) is 5.73 Å². The highest BCUT2D eigenvalue weighted by molar-refractivity contribution is 7.12. The van der Waals surface area contributed by atoms with Gasteiger partial charge >= 0.3 is 0 Å². The van der Waals surface area contributed by atoms with E-state index in [1.807, 2.05) is 11.4 Å². The summed E-state index contributed by atoms with van der Waals surface area (Å²) in [5, 5.41) is 4.57. The molecule has 0 spiro atoms. The van der Waals surface area contributed by atoms with Crippen molar-refractivity contribution in [3.63, 3.8) is 0 Å². The molecular formula is C13H19N3O2S. The summed E-state index contributed by atoms with van der Waals surface area (Å²) in [5.41, 5.74) is 5.86. The summed E-state index contributed by atoms with van der Waals surface area (Å²) in [6.07, 6.45) is 1.89. The van der Waals surface area contributed by atoms with E-state index in [1.165, 1.54) is 11.3 Å². The highest BCUT2D eigenvalue weighted by Crippen LogP contribution is 2.11. The summed E-state index contributed by atoms with van der Waals surface area (Å²) in [7, 11) is 0. The zero-order chi connectivity index (χ0) is 13.8. The molecule has 1 aliphatic heterocycles. The Kier molecular flexibility index (Phi) is 4.55. The average Bonchev–Trinajstić information content (AvgIpc) is 2.91. The number of carbonyl (C=O) groups is 2. The van der Waals surface area contributed by atoms with Gasteiger partial charge in [-0.3, -0.25) is 9.59 Å². The molecule has 1 aromatic heterocycles. The SMILES string of the molecule is CC(NC(=O)c1cccs1)C(=O)N1CCCC(N)C1. The van der Waals surface area contributed by atoms with Crippen molar-refractivity contribution in [3.8, 4) is 0 Å². The maximum absolute atomic E-state index is 12.2. The lowest BCUT2D eigenvalue weighted by Crippen LogP contribution is -2.52. The monoisotopic (exact) mass is 281 g/mol. The molecule has 3 N–H and O–H groups in total. The third-order valence-corrected chi connectivity index (χ3v) is 4.10. The lowest BCUT2D eigenvalue weighted by Gasteiger charge is -2.32. The molecular weight excluding hydrogens is 262 g/mol. The van der Waals surface area contributed by atoms with E-state index < -0.39 is 6.04 Å². The predicted octanol–water partition coefficient (Wildman–Crippen LogP) is 0.816. The Labute approximate surface area is 116 Å². The van der Waals surface area contributed by atoms with Gasteiger partial charge in [-0.1, -0.05) is 6.07 Å². The van der Waals surface area contributed by atoms with Gasteiger partial charge in [-0.05, 0) is 31.2 Å². The molecule has 104 valence electrons. The first-order chi connectivity index (χ1) is 9.08. The van der Waals surface area contributed by atoms with Gasteiger partial charge in [0, 0.05) is 19.1 Å². The van der Waals surface area contributed by atoms with Gasteiger partial charge in [0.15, 0.2) is 0 Å². The standard InChI is InChI=1S/C13H19N3O2S/c1-9(15-12(17)11-5-3-7-19-11)13(18)16-6-2-4-10(14)8-16/h3,5,7,9-10H,2,4,6,8,14H2,1H3,(H,15,17). The topological polar surface area (TPSA) is 75.4 Å². The first-order valence-electron chi connectivity index (χ1n) is 6.46. The molecule has 0 saturated carbocycles. The van der Waals surface area contributed by atoms with Crippen molar-refractivity contribution >= 4 is 23.2 Å². The summed E-state index contributed by atoms with van der Waals surface area (Å²) in [4.78, 5) is 26.4. The van der Waals surface area contributed by atoms with Crippen LogP contribution in [0.1, 0.15) is 29.4 Å². The van der Waals surface area contributed by atoms with Crippen LogP contribution < -0.4 is 11.1 Å². The van der Waals surface area contributed by atoms with Crippen molar-refractivity contribution in [2.24, 2.45) is 5.73 Å². The number of amides is 2. The zero-order valence-corrected chi connectivity index (χ0v) is 11.8. The molecule has 2 heterocycles. The van der Waals surface area contributed by atoms with Crippen LogP contribution in [-0.4, -0.2) is 41.9 Å². The molecule has 2 amide bonds. The number of thiophene rings is 1. The third-order valence-electron chi connectivity index (χ3n) is 3.23. The summed E-state index contributed by atoms with van der Waals surface area (Å²) in [6.45, 7) is 3.03. The summed E-state index contributed by atoms with van der Waals surface area (Å²) >= 11 is 1.36. The fraction of sp³-hybridized carbons (Fsp3) is 0.538. The van der Waals surface area contributed by atoms with E-state index in [0.29, 0.717) is 11.4 Å². The molecule has 0 aromatic carbocycles.